The van der Waals surface area contributed by atoms with Crippen molar-refractivity contribution in [3.63, 3.8) is 0 Å². The number of rotatable bonds is 5. The van der Waals surface area contributed by atoms with Crippen LogP contribution in [0.25, 0.3) is 22.6 Å². The van der Waals surface area contributed by atoms with Crippen LogP contribution in [0.2, 0.25) is 0 Å². The lowest BCUT2D eigenvalue weighted by Crippen LogP contribution is -2.13. The third-order valence-corrected chi connectivity index (χ3v) is 4.77. The van der Waals surface area contributed by atoms with Crippen LogP contribution in [0.4, 0.5) is 5.69 Å². The van der Waals surface area contributed by atoms with Crippen molar-refractivity contribution in [2.45, 2.75) is 13.8 Å². The quantitative estimate of drug-likeness (QED) is 0.485. The normalized spacial score (nSPS) is 10.8. The molecule has 0 aliphatic rings. The third kappa shape index (κ3) is 3.85. The second kappa shape index (κ2) is 7.91. The van der Waals surface area contributed by atoms with Gasteiger partial charge in [-0.1, -0.05) is 17.2 Å². The topological polar surface area (TPSA) is 73.6 Å². The molecule has 30 heavy (non-hydrogen) atoms. The zero-order chi connectivity index (χ0) is 21.3. The van der Waals surface area contributed by atoms with Crippen LogP contribution in [0.15, 0.2) is 59.0 Å². The van der Waals surface area contributed by atoms with E-state index in [-0.39, 0.29) is 5.91 Å². The van der Waals surface area contributed by atoms with E-state index in [2.05, 4.69) is 16.4 Å². The Labute approximate surface area is 174 Å². The van der Waals surface area contributed by atoms with E-state index < -0.39 is 0 Å². The fraction of sp³-hybridized carbons (Fsp3) is 0.167. The van der Waals surface area contributed by atoms with Crippen molar-refractivity contribution in [1.82, 2.24) is 4.98 Å². The van der Waals surface area contributed by atoms with Crippen molar-refractivity contribution >= 4 is 22.7 Å². The molecule has 0 saturated carbocycles. The number of hydrogen-bond donors (Lipinski definition) is 1. The Morgan fingerprint density at radius 1 is 0.933 bits per heavy atom. The summed E-state index contributed by atoms with van der Waals surface area (Å²) in [5, 5.41) is 2.89. The molecule has 4 aromatic rings. The van der Waals surface area contributed by atoms with Crippen molar-refractivity contribution in [3.05, 3.63) is 71.3 Å². The van der Waals surface area contributed by atoms with Gasteiger partial charge in [-0.25, -0.2) is 4.98 Å². The zero-order valence-corrected chi connectivity index (χ0v) is 17.3. The molecule has 0 spiro atoms. The summed E-state index contributed by atoms with van der Waals surface area (Å²) in [5.41, 5.74) is 5.58. The molecule has 152 valence electrons. The summed E-state index contributed by atoms with van der Waals surface area (Å²) in [4.78, 5) is 17.4. The first-order valence-corrected chi connectivity index (χ1v) is 9.49. The fourth-order valence-electron chi connectivity index (χ4n) is 3.41. The Morgan fingerprint density at radius 3 is 2.40 bits per heavy atom. The van der Waals surface area contributed by atoms with Crippen LogP contribution in [0.3, 0.4) is 0 Å². The van der Waals surface area contributed by atoms with Gasteiger partial charge in [-0.2, -0.15) is 0 Å². The van der Waals surface area contributed by atoms with Crippen molar-refractivity contribution < 1.29 is 18.7 Å². The number of aryl methyl sites for hydroxylation is 2. The van der Waals surface area contributed by atoms with Gasteiger partial charge in [-0.3, -0.25) is 4.79 Å². The molecule has 0 fully saturated rings. The van der Waals surface area contributed by atoms with E-state index in [1.807, 2.05) is 26.0 Å². The first-order chi connectivity index (χ1) is 14.5. The van der Waals surface area contributed by atoms with Crippen LogP contribution in [0, 0.1) is 13.8 Å². The molecule has 0 radical (unpaired) electrons. The molecule has 0 unspecified atom stereocenters. The number of carbonyl (C=O) groups excluding carboxylic acids is 1. The number of anilines is 1. The maximum absolute atomic E-state index is 12.8. The van der Waals surface area contributed by atoms with Crippen LogP contribution in [-0.2, 0) is 0 Å². The lowest BCUT2D eigenvalue weighted by Gasteiger charge is -2.10. The van der Waals surface area contributed by atoms with Gasteiger partial charge in [-0.15, -0.1) is 0 Å². The van der Waals surface area contributed by atoms with Crippen LogP contribution in [0.5, 0.6) is 11.5 Å². The zero-order valence-electron chi connectivity index (χ0n) is 17.3. The van der Waals surface area contributed by atoms with E-state index in [0.717, 1.165) is 16.7 Å². The number of benzene rings is 3. The standard InChI is InChI=1S/C24H22N2O4/c1-14-9-15(2)11-16(10-14)24-26-20-12-17(5-8-21(20)30-24)25-23(27)19-7-6-18(28-3)13-22(19)29-4/h5-13H,1-4H3,(H,25,27). The minimum atomic E-state index is -0.285. The van der Waals surface area contributed by atoms with Crippen LogP contribution in [0.1, 0.15) is 21.5 Å². The molecular weight excluding hydrogens is 380 g/mol. The van der Waals surface area contributed by atoms with Gasteiger partial charge in [0.2, 0.25) is 5.89 Å². The second-order valence-electron chi connectivity index (χ2n) is 7.10. The number of methoxy groups -OCH3 is 2. The predicted octanol–water partition coefficient (Wildman–Crippen LogP) is 5.38. The number of oxazole rings is 1. The SMILES string of the molecule is COc1ccc(C(=O)Nc2ccc3oc(-c4cc(C)cc(C)c4)nc3c2)c(OC)c1. The molecule has 6 nitrogen and oxygen atoms in total. The molecular formula is C24H22N2O4. The molecule has 0 bridgehead atoms. The van der Waals surface area contributed by atoms with Gasteiger partial charge in [0, 0.05) is 17.3 Å². The molecule has 1 aromatic heterocycles. The van der Waals surface area contributed by atoms with Crippen molar-refractivity contribution in [2.75, 3.05) is 19.5 Å². The van der Waals surface area contributed by atoms with Crippen LogP contribution < -0.4 is 14.8 Å². The summed E-state index contributed by atoms with van der Waals surface area (Å²) in [5.74, 6) is 1.32. The number of aromatic nitrogens is 1. The molecule has 1 N–H and O–H groups in total. The largest absolute Gasteiger partial charge is 0.497 e. The van der Waals surface area contributed by atoms with Gasteiger partial charge in [0.25, 0.3) is 5.91 Å². The number of hydrogen-bond acceptors (Lipinski definition) is 5. The van der Waals surface area contributed by atoms with E-state index in [1.54, 1.807) is 43.5 Å². The summed E-state index contributed by atoms with van der Waals surface area (Å²) in [7, 11) is 3.08. The van der Waals surface area contributed by atoms with E-state index in [0.29, 0.717) is 39.7 Å². The molecule has 0 atom stereocenters. The van der Waals surface area contributed by atoms with Crippen molar-refractivity contribution in [1.29, 1.82) is 0 Å². The first-order valence-electron chi connectivity index (χ1n) is 9.49. The molecule has 6 heteroatoms. The number of carbonyl (C=O) groups is 1. The van der Waals surface area contributed by atoms with E-state index in [1.165, 1.54) is 7.11 Å². The maximum Gasteiger partial charge on any atom is 0.259 e. The number of amides is 1. The monoisotopic (exact) mass is 402 g/mol. The Hall–Kier alpha value is -3.80. The molecule has 0 aliphatic carbocycles. The van der Waals surface area contributed by atoms with Crippen LogP contribution in [-0.4, -0.2) is 25.1 Å². The second-order valence-corrected chi connectivity index (χ2v) is 7.10. The van der Waals surface area contributed by atoms with Gasteiger partial charge >= 0.3 is 0 Å². The van der Waals surface area contributed by atoms with Gasteiger partial charge in [0.05, 0.1) is 19.8 Å². The summed E-state index contributed by atoms with van der Waals surface area (Å²) >= 11 is 0. The Morgan fingerprint density at radius 2 is 1.70 bits per heavy atom. The Bertz CT molecular complexity index is 1220. The summed E-state index contributed by atoms with van der Waals surface area (Å²) in [6.45, 7) is 4.08. The van der Waals surface area contributed by atoms with Gasteiger partial charge in [0.1, 0.15) is 17.0 Å². The molecule has 1 amide bonds. The molecule has 1 heterocycles. The fourth-order valence-corrected chi connectivity index (χ4v) is 3.41. The summed E-state index contributed by atoms with van der Waals surface area (Å²) in [6, 6.07) is 16.6. The highest BCUT2D eigenvalue weighted by Gasteiger charge is 2.15. The highest BCUT2D eigenvalue weighted by Crippen LogP contribution is 2.29. The Kier molecular flexibility index (Phi) is 5.14. The highest BCUT2D eigenvalue weighted by molar-refractivity contribution is 6.06. The predicted molar refractivity (Wildman–Crippen MR) is 116 cm³/mol. The number of nitrogens with one attached hydrogen (secondary N) is 1. The van der Waals surface area contributed by atoms with Gasteiger partial charge < -0.3 is 19.2 Å². The first kappa shape index (κ1) is 19.5. The highest BCUT2D eigenvalue weighted by atomic mass is 16.5. The Balaban J connectivity index is 1.62. The van der Waals surface area contributed by atoms with Crippen molar-refractivity contribution in [2.24, 2.45) is 0 Å². The molecule has 3 aromatic carbocycles. The van der Waals surface area contributed by atoms with E-state index in [9.17, 15) is 4.79 Å². The van der Waals surface area contributed by atoms with Crippen molar-refractivity contribution in [3.8, 4) is 23.0 Å². The van der Waals surface area contributed by atoms with Crippen LogP contribution >= 0.6 is 0 Å². The average molecular weight is 402 g/mol. The van der Waals surface area contributed by atoms with E-state index in [4.69, 9.17) is 13.9 Å². The number of fused-ring (bicyclic) bond motifs is 1. The van der Waals surface area contributed by atoms with E-state index >= 15 is 0 Å². The minimum absolute atomic E-state index is 0.285. The third-order valence-electron chi connectivity index (χ3n) is 4.77. The summed E-state index contributed by atoms with van der Waals surface area (Å²) < 4.78 is 16.4. The molecule has 0 saturated heterocycles. The van der Waals surface area contributed by atoms with Gasteiger partial charge in [0.15, 0.2) is 5.58 Å². The minimum Gasteiger partial charge on any atom is -0.497 e. The smallest absolute Gasteiger partial charge is 0.259 e. The number of ether oxygens (including phenoxy) is 2. The molecule has 0 aliphatic heterocycles. The number of nitrogens with zero attached hydrogens (tertiary/aromatic N) is 1. The molecule has 4 rings (SSSR count). The lowest BCUT2D eigenvalue weighted by molar-refractivity contribution is 0.102. The maximum atomic E-state index is 12.8. The average Bonchev–Trinajstić information content (AvgIpc) is 3.16. The lowest BCUT2D eigenvalue weighted by atomic mass is 10.1. The van der Waals surface area contributed by atoms with Gasteiger partial charge in [-0.05, 0) is 56.3 Å². The summed E-state index contributed by atoms with van der Waals surface area (Å²) in [6.07, 6.45) is 0.